The molecule has 5 aromatic rings. The third-order valence-corrected chi connectivity index (χ3v) is 9.64. The molecule has 1 amide bonds. The SMILES string of the molecule is Cc1cc(C)cc(NC(=O)c2c(N=Cc3cn(Cc4ccc(Cl)cc4Cl)c4ccccc34)sc3c2CCCCCC3)c1. The Bertz CT molecular complexity index is 1800. The highest BCUT2D eigenvalue weighted by molar-refractivity contribution is 7.16. The number of nitrogens with one attached hydrogen (secondary N) is 1. The Morgan fingerprint density at radius 2 is 1.74 bits per heavy atom. The summed E-state index contributed by atoms with van der Waals surface area (Å²) < 4.78 is 2.19. The van der Waals surface area contributed by atoms with Crippen molar-refractivity contribution < 1.29 is 4.79 Å². The van der Waals surface area contributed by atoms with Gasteiger partial charge >= 0.3 is 0 Å². The molecule has 1 aliphatic carbocycles. The molecule has 7 heteroatoms. The van der Waals surface area contributed by atoms with Gasteiger partial charge in [-0.25, -0.2) is 4.99 Å². The fourth-order valence-electron chi connectivity index (χ4n) is 5.94. The number of nitrogens with zero attached hydrogens (tertiary/aromatic N) is 2. The Morgan fingerprint density at radius 1 is 0.976 bits per heavy atom. The Morgan fingerprint density at radius 3 is 2.52 bits per heavy atom. The number of thiophene rings is 1. The quantitative estimate of drug-likeness (QED) is 0.190. The van der Waals surface area contributed by atoms with E-state index < -0.39 is 0 Å². The second-order valence-corrected chi connectivity index (χ2v) is 13.1. The number of aromatic nitrogens is 1. The molecule has 42 heavy (non-hydrogen) atoms. The maximum atomic E-state index is 13.9. The monoisotopic (exact) mass is 613 g/mol. The summed E-state index contributed by atoms with van der Waals surface area (Å²) in [5.74, 6) is -0.0787. The highest BCUT2D eigenvalue weighted by Crippen LogP contribution is 2.39. The first kappa shape index (κ1) is 28.7. The molecule has 1 N–H and O–H groups in total. The Kier molecular flexibility index (Phi) is 8.53. The van der Waals surface area contributed by atoms with Gasteiger partial charge in [0.15, 0.2) is 0 Å². The van der Waals surface area contributed by atoms with Crippen molar-refractivity contribution in [2.24, 2.45) is 4.99 Å². The average Bonchev–Trinajstić information content (AvgIpc) is 3.45. The highest BCUT2D eigenvalue weighted by atomic mass is 35.5. The van der Waals surface area contributed by atoms with E-state index >= 15 is 0 Å². The average molecular weight is 615 g/mol. The lowest BCUT2D eigenvalue weighted by molar-refractivity contribution is 0.102. The van der Waals surface area contributed by atoms with Gasteiger partial charge in [-0.2, -0.15) is 0 Å². The molecular formula is C35H33Cl2N3OS. The number of hydrogen-bond acceptors (Lipinski definition) is 3. The zero-order chi connectivity index (χ0) is 29.2. The third kappa shape index (κ3) is 6.19. The van der Waals surface area contributed by atoms with Gasteiger partial charge in [-0.05, 0) is 92.1 Å². The molecule has 0 unspecified atom stereocenters. The van der Waals surface area contributed by atoms with Crippen molar-refractivity contribution >= 4 is 68.3 Å². The number of aryl methyl sites for hydroxylation is 3. The van der Waals surface area contributed by atoms with Gasteiger partial charge in [0.1, 0.15) is 5.00 Å². The van der Waals surface area contributed by atoms with Crippen LogP contribution in [0.15, 0.2) is 71.9 Å². The first-order chi connectivity index (χ1) is 20.4. The summed E-state index contributed by atoms with van der Waals surface area (Å²) in [6.07, 6.45) is 10.6. The van der Waals surface area contributed by atoms with Crippen LogP contribution >= 0.6 is 34.5 Å². The van der Waals surface area contributed by atoms with Crippen LogP contribution in [0.25, 0.3) is 10.9 Å². The number of carbonyl (C=O) groups excluding carboxylic acids is 1. The van der Waals surface area contributed by atoms with Crippen LogP contribution in [0.2, 0.25) is 10.0 Å². The van der Waals surface area contributed by atoms with Crippen molar-refractivity contribution in [1.82, 2.24) is 4.57 Å². The van der Waals surface area contributed by atoms with Gasteiger partial charge < -0.3 is 9.88 Å². The molecule has 0 radical (unpaired) electrons. The van der Waals surface area contributed by atoms with E-state index in [-0.39, 0.29) is 5.91 Å². The number of anilines is 1. The first-order valence-electron chi connectivity index (χ1n) is 14.5. The zero-order valence-electron chi connectivity index (χ0n) is 23.8. The molecule has 0 fully saturated rings. The van der Waals surface area contributed by atoms with Crippen LogP contribution in [0.5, 0.6) is 0 Å². The van der Waals surface area contributed by atoms with E-state index in [1.165, 1.54) is 23.3 Å². The lowest BCUT2D eigenvalue weighted by atomic mass is 9.96. The lowest BCUT2D eigenvalue weighted by Gasteiger charge is -2.12. The number of rotatable bonds is 6. The van der Waals surface area contributed by atoms with Crippen LogP contribution in [-0.4, -0.2) is 16.7 Å². The standard InChI is InChI=1S/C35H33Cl2N3OS/c1-22-15-23(2)17-27(16-22)39-34(41)33-29-10-5-3-4-6-12-32(29)42-35(33)38-19-25-21-40(31-11-8-7-9-28(25)31)20-24-13-14-26(36)18-30(24)37/h7-9,11,13-19,21H,3-6,10,12,20H2,1-2H3,(H,39,41). The van der Waals surface area contributed by atoms with Crippen molar-refractivity contribution in [2.45, 2.75) is 58.9 Å². The zero-order valence-corrected chi connectivity index (χ0v) is 26.2. The molecule has 0 atom stereocenters. The minimum Gasteiger partial charge on any atom is -0.342 e. The second-order valence-electron chi connectivity index (χ2n) is 11.2. The van der Waals surface area contributed by atoms with Gasteiger partial charge in [-0.1, -0.05) is 66.4 Å². The van der Waals surface area contributed by atoms with Crippen molar-refractivity contribution in [3.63, 3.8) is 0 Å². The summed E-state index contributed by atoms with van der Waals surface area (Å²) in [7, 11) is 0. The van der Waals surface area contributed by atoms with E-state index in [9.17, 15) is 4.79 Å². The number of fused-ring (bicyclic) bond motifs is 2. The molecule has 4 nitrogen and oxygen atoms in total. The van der Waals surface area contributed by atoms with Gasteiger partial charge in [0.05, 0.1) is 5.56 Å². The second kappa shape index (κ2) is 12.5. The van der Waals surface area contributed by atoms with Crippen LogP contribution in [0, 0.1) is 13.8 Å². The summed E-state index contributed by atoms with van der Waals surface area (Å²) in [6.45, 7) is 4.72. The topological polar surface area (TPSA) is 46.4 Å². The minimum absolute atomic E-state index is 0.0787. The van der Waals surface area contributed by atoms with E-state index in [0.29, 0.717) is 16.6 Å². The number of amides is 1. The van der Waals surface area contributed by atoms with Crippen LogP contribution in [0.3, 0.4) is 0 Å². The summed E-state index contributed by atoms with van der Waals surface area (Å²) in [5, 5.41) is 6.33. The molecule has 6 rings (SSSR count). The lowest BCUT2D eigenvalue weighted by Crippen LogP contribution is -2.14. The van der Waals surface area contributed by atoms with Crippen molar-refractivity contribution in [2.75, 3.05) is 5.32 Å². The first-order valence-corrected chi connectivity index (χ1v) is 16.0. The number of para-hydroxylation sites is 1. The Labute approximate surface area is 261 Å². The number of carbonyl (C=O) groups is 1. The summed E-state index contributed by atoms with van der Waals surface area (Å²) >= 11 is 14.3. The largest absolute Gasteiger partial charge is 0.342 e. The maximum Gasteiger partial charge on any atom is 0.259 e. The molecular weight excluding hydrogens is 581 g/mol. The Hall–Kier alpha value is -3.38. The molecule has 1 aliphatic rings. The van der Waals surface area contributed by atoms with E-state index in [1.807, 2.05) is 42.6 Å². The van der Waals surface area contributed by atoms with E-state index in [2.05, 4.69) is 48.1 Å². The minimum atomic E-state index is -0.0787. The van der Waals surface area contributed by atoms with Gasteiger partial charge in [0.2, 0.25) is 0 Å². The van der Waals surface area contributed by atoms with E-state index in [1.54, 1.807) is 17.4 Å². The fourth-order valence-corrected chi connectivity index (χ4v) is 7.64. The highest BCUT2D eigenvalue weighted by Gasteiger charge is 2.24. The van der Waals surface area contributed by atoms with Crippen molar-refractivity contribution in [3.8, 4) is 0 Å². The maximum absolute atomic E-state index is 13.9. The number of hydrogen-bond donors (Lipinski definition) is 1. The predicted octanol–water partition coefficient (Wildman–Crippen LogP) is 10.3. The summed E-state index contributed by atoms with van der Waals surface area (Å²) in [4.78, 5) is 20.2. The van der Waals surface area contributed by atoms with Crippen LogP contribution in [0.4, 0.5) is 10.7 Å². The fraction of sp³-hybridized carbons (Fsp3) is 0.257. The molecule has 214 valence electrons. The third-order valence-electron chi connectivity index (χ3n) is 7.86. The molecule has 3 aromatic carbocycles. The summed E-state index contributed by atoms with van der Waals surface area (Å²) in [6, 6.07) is 20.1. The van der Waals surface area contributed by atoms with E-state index in [0.717, 1.165) is 75.1 Å². The van der Waals surface area contributed by atoms with Gasteiger partial charge in [0.25, 0.3) is 5.91 Å². The molecule has 2 aromatic heterocycles. The van der Waals surface area contributed by atoms with Crippen LogP contribution in [-0.2, 0) is 19.4 Å². The molecule has 0 spiro atoms. The molecule has 0 bridgehead atoms. The van der Waals surface area contributed by atoms with Gasteiger partial charge in [-0.3, -0.25) is 4.79 Å². The molecule has 0 saturated heterocycles. The summed E-state index contributed by atoms with van der Waals surface area (Å²) in [5.41, 5.74) is 8.06. The number of aliphatic imine (C=N–C) groups is 1. The number of benzene rings is 3. The number of halogens is 2. The normalized spacial score (nSPS) is 13.7. The molecule has 2 heterocycles. The van der Waals surface area contributed by atoms with Crippen LogP contribution in [0.1, 0.15) is 68.7 Å². The predicted molar refractivity (Wildman–Crippen MR) is 179 cm³/mol. The van der Waals surface area contributed by atoms with Gasteiger partial charge in [0, 0.05) is 56.0 Å². The Balaban J connectivity index is 1.38. The smallest absolute Gasteiger partial charge is 0.259 e. The van der Waals surface area contributed by atoms with Crippen LogP contribution < -0.4 is 5.32 Å². The van der Waals surface area contributed by atoms with Crippen molar-refractivity contribution in [3.05, 3.63) is 115 Å². The molecule has 0 aliphatic heterocycles. The van der Waals surface area contributed by atoms with E-state index in [4.69, 9.17) is 28.2 Å². The molecule has 0 saturated carbocycles. The van der Waals surface area contributed by atoms with Gasteiger partial charge in [-0.15, -0.1) is 11.3 Å². The van der Waals surface area contributed by atoms with Crippen molar-refractivity contribution in [1.29, 1.82) is 0 Å².